The van der Waals surface area contributed by atoms with Crippen molar-refractivity contribution in [1.82, 2.24) is 10.2 Å². The van der Waals surface area contributed by atoms with E-state index in [9.17, 15) is 14.4 Å². The van der Waals surface area contributed by atoms with Gasteiger partial charge < -0.3 is 5.32 Å². The van der Waals surface area contributed by atoms with Crippen molar-refractivity contribution in [3.8, 4) is 0 Å². The first-order chi connectivity index (χ1) is 11.2. The summed E-state index contributed by atoms with van der Waals surface area (Å²) < 4.78 is 0. The number of nitrogens with one attached hydrogen (secondary N) is 1. The fourth-order valence-electron chi connectivity index (χ4n) is 4.97. The van der Waals surface area contributed by atoms with Crippen LogP contribution in [-0.2, 0) is 14.4 Å². The van der Waals surface area contributed by atoms with Gasteiger partial charge in [0.2, 0.25) is 17.7 Å². The quantitative estimate of drug-likeness (QED) is 0.475. The van der Waals surface area contributed by atoms with E-state index in [-0.39, 0.29) is 47.3 Å². The lowest BCUT2D eigenvalue weighted by molar-refractivity contribution is -0.140. The highest BCUT2D eigenvalue weighted by Crippen LogP contribution is 2.52. The number of carbonyl (C=O) groups excluding carboxylic acids is 3. The number of rotatable bonds is 5. The van der Waals surface area contributed by atoms with Gasteiger partial charge in [-0.15, -0.1) is 0 Å². The summed E-state index contributed by atoms with van der Waals surface area (Å²) in [7, 11) is 0. The molecule has 0 aromatic rings. The normalized spacial score (nSPS) is 35.4. The van der Waals surface area contributed by atoms with Crippen LogP contribution in [0.1, 0.15) is 38.5 Å². The first-order valence-corrected chi connectivity index (χ1v) is 8.98. The third kappa shape index (κ3) is 2.41. The van der Waals surface area contributed by atoms with Gasteiger partial charge in [-0.25, -0.2) is 0 Å². The lowest BCUT2D eigenvalue weighted by atomic mass is 9.85. The third-order valence-corrected chi connectivity index (χ3v) is 6.15. The van der Waals surface area contributed by atoms with Crippen molar-refractivity contribution in [3.05, 3.63) is 12.2 Å². The van der Waals surface area contributed by atoms with Crippen LogP contribution in [0.4, 0.5) is 0 Å². The minimum absolute atomic E-state index is 0.0129. The maximum atomic E-state index is 12.5. The van der Waals surface area contributed by atoms with Crippen LogP contribution in [-0.4, -0.2) is 35.7 Å². The molecule has 4 aliphatic rings. The number of amides is 3. The van der Waals surface area contributed by atoms with Gasteiger partial charge in [-0.2, -0.15) is 0 Å². The predicted octanol–water partition coefficient (Wildman–Crippen LogP) is 1.49. The number of hydrogen-bond acceptors (Lipinski definition) is 3. The highest BCUT2D eigenvalue weighted by atomic mass is 16.2. The van der Waals surface area contributed by atoms with Gasteiger partial charge in [-0.1, -0.05) is 25.0 Å². The van der Waals surface area contributed by atoms with Crippen molar-refractivity contribution in [1.29, 1.82) is 0 Å². The minimum atomic E-state index is -0.106. The second-order valence-electron chi connectivity index (χ2n) is 7.45. The van der Waals surface area contributed by atoms with Gasteiger partial charge in [0.05, 0.1) is 11.8 Å². The zero-order valence-corrected chi connectivity index (χ0v) is 13.4. The molecule has 0 aromatic carbocycles. The summed E-state index contributed by atoms with van der Waals surface area (Å²) >= 11 is 0. The Labute approximate surface area is 136 Å². The summed E-state index contributed by atoms with van der Waals surface area (Å²) in [5.41, 5.74) is 0. The summed E-state index contributed by atoms with van der Waals surface area (Å²) in [4.78, 5) is 38.4. The Hall–Kier alpha value is -1.65. The van der Waals surface area contributed by atoms with Crippen LogP contribution < -0.4 is 5.32 Å². The Balaban J connectivity index is 1.26. The van der Waals surface area contributed by atoms with E-state index in [0.29, 0.717) is 19.5 Å². The Morgan fingerprint density at radius 3 is 2.30 bits per heavy atom. The van der Waals surface area contributed by atoms with Crippen LogP contribution in [0.5, 0.6) is 0 Å². The maximum Gasteiger partial charge on any atom is 0.233 e. The number of hydrogen-bond donors (Lipinski definition) is 1. The van der Waals surface area contributed by atoms with Gasteiger partial charge in [0.1, 0.15) is 0 Å². The maximum absolute atomic E-state index is 12.5. The molecule has 2 saturated carbocycles. The molecule has 0 unspecified atom stereocenters. The number of imide groups is 1. The fraction of sp³-hybridized carbons (Fsp3) is 0.722. The smallest absolute Gasteiger partial charge is 0.233 e. The summed E-state index contributed by atoms with van der Waals surface area (Å²) in [6, 6.07) is 0. The highest BCUT2D eigenvalue weighted by molar-refractivity contribution is 6.06. The first-order valence-electron chi connectivity index (χ1n) is 8.98. The molecular weight excluding hydrogens is 292 g/mol. The summed E-state index contributed by atoms with van der Waals surface area (Å²) in [6.07, 6.45) is 10.1. The molecule has 0 radical (unpaired) electrons. The average molecular weight is 316 g/mol. The molecule has 5 nitrogen and oxygen atoms in total. The van der Waals surface area contributed by atoms with Gasteiger partial charge >= 0.3 is 0 Å². The molecule has 1 saturated heterocycles. The lowest BCUT2D eigenvalue weighted by Gasteiger charge is -2.17. The van der Waals surface area contributed by atoms with E-state index in [1.165, 1.54) is 4.90 Å². The van der Waals surface area contributed by atoms with E-state index in [0.717, 1.165) is 32.1 Å². The standard InChI is InChI=1S/C18H24N2O3/c21-16(11-4-1-2-5-11)19-8-3-9-20-17(22)14-12-6-7-13(10-12)15(14)18(20)23/h6-7,11-15H,1-5,8-10H2,(H,19,21)/t12-,13-,14+,15+/m0/s1. The number of nitrogens with zero attached hydrogens (tertiary/aromatic N) is 1. The monoisotopic (exact) mass is 316 g/mol. The molecule has 23 heavy (non-hydrogen) atoms. The fourth-order valence-corrected chi connectivity index (χ4v) is 4.97. The second-order valence-corrected chi connectivity index (χ2v) is 7.45. The molecule has 5 heteroatoms. The molecule has 4 rings (SSSR count). The Morgan fingerprint density at radius 2 is 1.70 bits per heavy atom. The number of fused-ring (bicyclic) bond motifs is 5. The molecule has 2 bridgehead atoms. The van der Waals surface area contributed by atoms with E-state index < -0.39 is 0 Å². The van der Waals surface area contributed by atoms with Crippen LogP contribution in [0.15, 0.2) is 12.2 Å². The molecule has 3 fully saturated rings. The highest BCUT2D eigenvalue weighted by Gasteiger charge is 2.58. The molecule has 1 aliphatic heterocycles. The van der Waals surface area contributed by atoms with Crippen LogP contribution in [0.2, 0.25) is 0 Å². The van der Waals surface area contributed by atoms with E-state index in [1.54, 1.807) is 0 Å². The van der Waals surface area contributed by atoms with E-state index in [2.05, 4.69) is 17.5 Å². The average Bonchev–Trinajstić information content (AvgIpc) is 3.30. The van der Waals surface area contributed by atoms with Crippen molar-refractivity contribution >= 4 is 17.7 Å². The summed E-state index contributed by atoms with van der Waals surface area (Å²) in [6.45, 7) is 0.988. The molecular formula is C18H24N2O3. The topological polar surface area (TPSA) is 66.5 Å². The van der Waals surface area contributed by atoms with E-state index >= 15 is 0 Å². The molecule has 3 aliphatic carbocycles. The zero-order valence-electron chi connectivity index (χ0n) is 13.4. The lowest BCUT2D eigenvalue weighted by Crippen LogP contribution is -2.36. The van der Waals surface area contributed by atoms with Crippen molar-refractivity contribution in [2.24, 2.45) is 29.6 Å². The molecule has 124 valence electrons. The zero-order chi connectivity index (χ0) is 16.0. The number of allylic oxidation sites excluding steroid dienone is 2. The van der Waals surface area contributed by atoms with Crippen LogP contribution in [0, 0.1) is 29.6 Å². The SMILES string of the molecule is O=C(NCCCN1C(=O)[C@H]2[C@H](C1=O)[C@H]1C=C[C@H]2C1)C1CCCC1. The second kappa shape index (κ2) is 5.77. The largest absolute Gasteiger partial charge is 0.356 e. The van der Waals surface area contributed by atoms with Crippen molar-refractivity contribution in [3.63, 3.8) is 0 Å². The van der Waals surface area contributed by atoms with Gasteiger partial charge in [0, 0.05) is 19.0 Å². The van der Waals surface area contributed by atoms with Crippen molar-refractivity contribution in [2.45, 2.75) is 38.5 Å². The van der Waals surface area contributed by atoms with Gasteiger partial charge in [-0.05, 0) is 37.5 Å². The van der Waals surface area contributed by atoms with Gasteiger partial charge in [0.25, 0.3) is 0 Å². The van der Waals surface area contributed by atoms with Crippen molar-refractivity contribution in [2.75, 3.05) is 13.1 Å². The summed E-state index contributed by atoms with van der Waals surface area (Å²) in [5, 5.41) is 2.96. The van der Waals surface area contributed by atoms with Crippen molar-refractivity contribution < 1.29 is 14.4 Å². The molecule has 1 heterocycles. The van der Waals surface area contributed by atoms with E-state index in [1.807, 2.05) is 0 Å². The van der Waals surface area contributed by atoms with E-state index in [4.69, 9.17) is 0 Å². The Morgan fingerprint density at radius 1 is 1.09 bits per heavy atom. The predicted molar refractivity (Wildman–Crippen MR) is 84.0 cm³/mol. The summed E-state index contributed by atoms with van der Waals surface area (Å²) in [5.74, 6) is 0.669. The molecule has 1 N–H and O–H groups in total. The molecule has 3 amide bonds. The van der Waals surface area contributed by atoms with Crippen LogP contribution in [0.3, 0.4) is 0 Å². The molecule has 0 spiro atoms. The molecule has 0 aromatic heterocycles. The number of carbonyl (C=O) groups is 3. The van der Waals surface area contributed by atoms with Gasteiger partial charge in [-0.3, -0.25) is 19.3 Å². The first kappa shape index (κ1) is 14.9. The number of likely N-dealkylation sites (tertiary alicyclic amines) is 1. The Kier molecular flexibility index (Phi) is 3.74. The van der Waals surface area contributed by atoms with Crippen LogP contribution >= 0.6 is 0 Å². The Bertz CT molecular complexity index is 535. The third-order valence-electron chi connectivity index (χ3n) is 6.15. The minimum Gasteiger partial charge on any atom is -0.356 e. The van der Waals surface area contributed by atoms with Gasteiger partial charge in [0.15, 0.2) is 0 Å². The van der Waals surface area contributed by atoms with Crippen LogP contribution in [0.25, 0.3) is 0 Å². The molecule has 4 atom stereocenters.